The van der Waals surface area contributed by atoms with Gasteiger partial charge in [0.1, 0.15) is 11.6 Å². The maximum Gasteiger partial charge on any atom is 0.216 e. The number of tetrazole rings is 1. The molecule has 7 heteroatoms. The van der Waals surface area contributed by atoms with Gasteiger partial charge in [-0.3, -0.25) is 0 Å². The maximum atomic E-state index is 9.07. The van der Waals surface area contributed by atoms with Crippen molar-refractivity contribution in [2.24, 2.45) is 0 Å². The van der Waals surface area contributed by atoms with Crippen molar-refractivity contribution in [1.82, 2.24) is 20.6 Å². The van der Waals surface area contributed by atoms with Crippen molar-refractivity contribution in [2.75, 3.05) is 5.32 Å². The van der Waals surface area contributed by atoms with Gasteiger partial charge in [-0.2, -0.15) is 10.5 Å². The van der Waals surface area contributed by atoms with Crippen LogP contribution in [0, 0.1) is 25.2 Å². The lowest BCUT2D eigenvalue weighted by molar-refractivity contribution is 0.881. The molecule has 19 heavy (non-hydrogen) atoms. The summed E-state index contributed by atoms with van der Waals surface area (Å²) in [5.41, 5.74) is 3.45. The Labute approximate surface area is 118 Å². The molecule has 96 valence electrons. The van der Waals surface area contributed by atoms with Gasteiger partial charge in [0.2, 0.25) is 5.82 Å². The average Bonchev–Trinajstić information content (AvgIpc) is 2.86. The molecule has 0 saturated carbocycles. The van der Waals surface area contributed by atoms with E-state index in [1.54, 1.807) is 6.20 Å². The third kappa shape index (κ3) is 2.98. The van der Waals surface area contributed by atoms with Crippen LogP contribution in [0.15, 0.2) is 22.8 Å². The summed E-state index contributed by atoms with van der Waals surface area (Å²) in [4.78, 5) is 0. The highest BCUT2D eigenvalue weighted by molar-refractivity contribution is 9.10. The number of nitrogens with zero attached hydrogens (tertiary/aromatic N) is 4. The smallest absolute Gasteiger partial charge is 0.216 e. The zero-order chi connectivity index (χ0) is 13.8. The molecule has 0 radical (unpaired) electrons. The van der Waals surface area contributed by atoms with Gasteiger partial charge in [0.15, 0.2) is 0 Å². The third-order valence-electron chi connectivity index (χ3n) is 2.50. The number of hydrogen-bond acceptors (Lipinski definition) is 5. The molecule has 0 aliphatic rings. The van der Waals surface area contributed by atoms with Crippen LogP contribution < -0.4 is 5.32 Å². The summed E-state index contributed by atoms with van der Waals surface area (Å²) in [5.74, 6) is 0.260. The molecule has 1 aromatic carbocycles. The molecule has 0 unspecified atom stereocenters. The predicted molar refractivity (Wildman–Crippen MR) is 75.0 cm³/mol. The lowest BCUT2D eigenvalue weighted by Crippen LogP contribution is -1.96. The summed E-state index contributed by atoms with van der Waals surface area (Å²) in [7, 11) is 0. The second-order valence-electron chi connectivity index (χ2n) is 3.99. The van der Waals surface area contributed by atoms with E-state index in [1.165, 1.54) is 0 Å². The molecule has 0 spiro atoms. The largest absolute Gasteiger partial charge is 0.359 e. The summed E-state index contributed by atoms with van der Waals surface area (Å²) < 4.78 is 0.937. The molecular weight excluding hydrogens is 308 g/mol. The molecule has 1 aromatic heterocycles. The van der Waals surface area contributed by atoms with Gasteiger partial charge in [0, 0.05) is 10.7 Å². The Bertz CT molecular complexity index is 630. The minimum atomic E-state index is 0.260. The number of halogens is 1. The molecule has 2 aromatic rings. The van der Waals surface area contributed by atoms with Gasteiger partial charge in [-0.05, 0) is 52.2 Å². The monoisotopic (exact) mass is 318 g/mol. The van der Waals surface area contributed by atoms with Crippen LogP contribution in [0.2, 0.25) is 0 Å². The van der Waals surface area contributed by atoms with E-state index < -0.39 is 0 Å². The second kappa shape index (κ2) is 5.63. The van der Waals surface area contributed by atoms with E-state index in [0.717, 1.165) is 21.3 Å². The van der Waals surface area contributed by atoms with Crippen LogP contribution in [0.25, 0.3) is 5.57 Å². The quantitative estimate of drug-likeness (QED) is 0.849. The number of nitrogens with one attached hydrogen (secondary N) is 2. The Hall–Kier alpha value is -2.20. The number of aromatic nitrogens is 4. The number of aromatic amines is 1. The molecule has 0 atom stereocenters. The van der Waals surface area contributed by atoms with E-state index in [1.807, 2.05) is 26.0 Å². The van der Waals surface area contributed by atoms with Crippen LogP contribution in [-0.2, 0) is 0 Å². The molecule has 0 aliphatic carbocycles. The zero-order valence-corrected chi connectivity index (χ0v) is 12.0. The van der Waals surface area contributed by atoms with Crippen LogP contribution in [0.3, 0.4) is 0 Å². The van der Waals surface area contributed by atoms with Gasteiger partial charge in [-0.25, -0.2) is 0 Å². The number of benzene rings is 1. The van der Waals surface area contributed by atoms with Gasteiger partial charge in [-0.15, -0.1) is 10.2 Å². The molecule has 6 nitrogen and oxygen atoms in total. The topological polar surface area (TPSA) is 90.3 Å². The Kier molecular flexibility index (Phi) is 3.92. The fourth-order valence-corrected chi connectivity index (χ4v) is 2.45. The lowest BCUT2D eigenvalue weighted by atomic mass is 10.1. The third-order valence-corrected chi connectivity index (χ3v) is 3.12. The van der Waals surface area contributed by atoms with E-state index in [4.69, 9.17) is 5.26 Å². The number of nitriles is 1. The molecule has 2 N–H and O–H groups in total. The molecule has 1 heterocycles. The SMILES string of the molecule is Cc1cc(C)c(NC=C(C#N)c2nn[nH]n2)c(Br)c1. The first kappa shape index (κ1) is 13.2. The zero-order valence-electron chi connectivity index (χ0n) is 10.4. The van der Waals surface area contributed by atoms with E-state index in [2.05, 4.69) is 47.9 Å². The van der Waals surface area contributed by atoms with Crippen molar-refractivity contribution in [3.63, 3.8) is 0 Å². The summed E-state index contributed by atoms with van der Waals surface area (Å²) in [5, 5.41) is 25.4. The second-order valence-corrected chi connectivity index (χ2v) is 4.84. The van der Waals surface area contributed by atoms with Crippen LogP contribution in [0.5, 0.6) is 0 Å². The Morgan fingerprint density at radius 2 is 2.26 bits per heavy atom. The lowest BCUT2D eigenvalue weighted by Gasteiger charge is -2.09. The van der Waals surface area contributed by atoms with E-state index in [-0.39, 0.29) is 5.82 Å². The van der Waals surface area contributed by atoms with Gasteiger partial charge in [0.25, 0.3) is 0 Å². The number of H-pyrrole nitrogens is 1. The van der Waals surface area contributed by atoms with Crippen LogP contribution >= 0.6 is 15.9 Å². The normalized spacial score (nSPS) is 11.2. The number of aryl methyl sites for hydroxylation is 2. The first-order valence-corrected chi connectivity index (χ1v) is 6.28. The molecule has 0 bridgehead atoms. The van der Waals surface area contributed by atoms with Crippen molar-refractivity contribution < 1.29 is 0 Å². The van der Waals surface area contributed by atoms with Crippen molar-refractivity contribution in [1.29, 1.82) is 5.26 Å². The highest BCUT2D eigenvalue weighted by Crippen LogP contribution is 2.28. The van der Waals surface area contributed by atoms with E-state index in [9.17, 15) is 0 Å². The van der Waals surface area contributed by atoms with E-state index >= 15 is 0 Å². The summed E-state index contributed by atoms with van der Waals surface area (Å²) in [6.07, 6.45) is 1.56. The Balaban J connectivity index is 2.30. The molecular formula is C12H11BrN6. The molecule has 0 fully saturated rings. The van der Waals surface area contributed by atoms with Crippen molar-refractivity contribution in [3.05, 3.63) is 39.8 Å². The Morgan fingerprint density at radius 3 is 2.84 bits per heavy atom. The summed E-state index contributed by atoms with van der Waals surface area (Å²) in [6.45, 7) is 4.02. The van der Waals surface area contributed by atoms with Crippen LogP contribution in [0.4, 0.5) is 5.69 Å². The molecule has 0 saturated heterocycles. The maximum absolute atomic E-state index is 9.07. The number of anilines is 1. The summed E-state index contributed by atoms with van der Waals surface area (Å²) in [6, 6.07) is 6.08. The molecule has 0 aliphatic heterocycles. The highest BCUT2D eigenvalue weighted by atomic mass is 79.9. The van der Waals surface area contributed by atoms with Crippen molar-refractivity contribution in [3.8, 4) is 6.07 Å². The van der Waals surface area contributed by atoms with Gasteiger partial charge < -0.3 is 5.32 Å². The van der Waals surface area contributed by atoms with Gasteiger partial charge >= 0.3 is 0 Å². The van der Waals surface area contributed by atoms with Crippen LogP contribution in [-0.4, -0.2) is 20.6 Å². The number of hydrogen-bond donors (Lipinski definition) is 2. The predicted octanol–water partition coefficient (Wildman–Crippen LogP) is 2.56. The summed E-state index contributed by atoms with van der Waals surface area (Å²) >= 11 is 3.49. The minimum absolute atomic E-state index is 0.260. The Morgan fingerprint density at radius 1 is 1.47 bits per heavy atom. The minimum Gasteiger partial charge on any atom is -0.359 e. The van der Waals surface area contributed by atoms with Crippen molar-refractivity contribution >= 4 is 27.2 Å². The first-order chi connectivity index (χ1) is 9.11. The van der Waals surface area contributed by atoms with Gasteiger partial charge in [0.05, 0.1) is 5.69 Å². The average molecular weight is 319 g/mol. The number of allylic oxidation sites excluding steroid dienone is 1. The van der Waals surface area contributed by atoms with Crippen molar-refractivity contribution in [2.45, 2.75) is 13.8 Å². The van der Waals surface area contributed by atoms with E-state index in [0.29, 0.717) is 5.57 Å². The van der Waals surface area contributed by atoms with Gasteiger partial charge in [-0.1, -0.05) is 6.07 Å². The first-order valence-electron chi connectivity index (χ1n) is 5.49. The number of rotatable bonds is 3. The standard InChI is InChI=1S/C12H11BrN6/c1-7-3-8(2)11(10(13)4-7)15-6-9(5-14)12-16-18-19-17-12/h3-4,6,15H,1-2H3,(H,16,17,18,19). The highest BCUT2D eigenvalue weighted by Gasteiger charge is 2.07. The molecule has 0 amide bonds. The molecule has 2 rings (SSSR count). The fourth-order valence-electron chi connectivity index (χ4n) is 1.67. The fraction of sp³-hybridized carbons (Fsp3) is 0.167. The van der Waals surface area contributed by atoms with Crippen LogP contribution in [0.1, 0.15) is 17.0 Å².